The monoisotopic (exact) mass is 779 g/mol. The number of rotatable bonds is 12. The number of amides is 1. The minimum atomic E-state index is -5.56. The van der Waals surface area contributed by atoms with Crippen LogP contribution in [0.25, 0.3) is 22.0 Å². The van der Waals surface area contributed by atoms with Gasteiger partial charge in [-0.15, -0.1) is 11.8 Å². The van der Waals surface area contributed by atoms with E-state index in [2.05, 4.69) is 0 Å². The summed E-state index contributed by atoms with van der Waals surface area (Å²) in [5.41, 5.74) is -16.3. The Labute approximate surface area is 351 Å². The summed E-state index contributed by atoms with van der Waals surface area (Å²) in [7, 11) is 0.778. The number of carbonyl (C=O) groups is 1. The van der Waals surface area contributed by atoms with Crippen molar-refractivity contribution in [2.75, 3.05) is 33.2 Å². The fourth-order valence-corrected chi connectivity index (χ4v) is 4.99. The topological polar surface area (TPSA) is 54.8 Å². The lowest BCUT2D eigenvalue weighted by Crippen LogP contribution is -2.48. The largest absolute Gasteiger partial charge is 0.416 e. The number of alkyl halides is 3. The van der Waals surface area contributed by atoms with Gasteiger partial charge in [0.25, 0.3) is 0 Å². The van der Waals surface area contributed by atoms with E-state index in [0.29, 0.717) is 6.92 Å². The Morgan fingerprint density at radius 1 is 1.00 bits per heavy atom. The zero-order valence-electron chi connectivity index (χ0n) is 56.8. The van der Waals surface area contributed by atoms with Crippen LogP contribution in [0, 0.1) is 18.6 Å². The van der Waals surface area contributed by atoms with Crippen molar-refractivity contribution in [3.05, 3.63) is 135 Å². The van der Waals surface area contributed by atoms with Gasteiger partial charge in [0, 0.05) is 78.3 Å². The van der Waals surface area contributed by atoms with E-state index >= 15 is 13.6 Å². The molecule has 12 heteroatoms. The van der Waals surface area contributed by atoms with Crippen LogP contribution in [0.5, 0.6) is 0 Å². The Morgan fingerprint density at radius 2 is 1.72 bits per heavy atom. The standard InChI is InChI=1S/C41H40F5N3O3S/c1-27-22-29(28-12-14-32(15-13-28)41(44,45)46)10-11-30(27)24-48(33-16-18-47(19-17-33)20-21-52-2)38(51)25-49-36-9-4-3-7-34(36)37(50)23-39(49)53-26-31-6-5-8-35(42)40(31)43/h3-15,22-23,33H,16-21,24-26H2,1-2H3/i3D,4D,5D,6D,7D,8D,9D,10D,11D,12D,13D,14D,15D,16D2,17D2,18D2,19D2,20D2,22D,23D,24D2,26D2,33D. The predicted molar refractivity (Wildman–Crippen MR) is 198 cm³/mol. The molecule has 4 aromatic carbocycles. The van der Waals surface area contributed by atoms with E-state index in [1.165, 1.54) is 0 Å². The van der Waals surface area contributed by atoms with Gasteiger partial charge in [0.15, 0.2) is 17.1 Å². The van der Waals surface area contributed by atoms with Crippen LogP contribution >= 0.6 is 11.8 Å². The van der Waals surface area contributed by atoms with E-state index < -0.39 is 254 Å². The van der Waals surface area contributed by atoms with Crippen LogP contribution in [0.2, 0.25) is 0 Å². The second kappa shape index (κ2) is 16.7. The number of carbonyl (C=O) groups excluding carboxylic acids is 1. The first-order valence-electron chi connectivity index (χ1n) is 29.5. The molecule has 0 bridgehead atoms. The van der Waals surface area contributed by atoms with E-state index in [4.69, 9.17) is 36.3 Å². The minimum absolute atomic E-state index is 0.0102. The Hall–Kier alpha value is -4.52. The number of pyridine rings is 1. The molecule has 0 radical (unpaired) electrons. The number of piperidine rings is 1. The van der Waals surface area contributed by atoms with Crippen molar-refractivity contribution in [2.45, 2.75) is 55.6 Å². The molecule has 0 spiro atoms. The molecule has 0 atom stereocenters. The van der Waals surface area contributed by atoms with E-state index in [9.17, 15) is 27.6 Å². The highest BCUT2D eigenvalue weighted by Crippen LogP contribution is 2.32. The van der Waals surface area contributed by atoms with Gasteiger partial charge in [0.1, 0.15) is 6.54 Å². The number of thioether (sulfide) groups is 1. The summed E-state index contributed by atoms with van der Waals surface area (Å²) in [5, 5.41) is -2.80. The number of ether oxygens (including phenoxy) is 1. The molecular formula is C41H40F5N3O3S. The molecule has 1 aliphatic rings. The summed E-state index contributed by atoms with van der Waals surface area (Å²) in [6, 6.07) is -28.3. The number of aromatic nitrogens is 1. The van der Waals surface area contributed by atoms with Crippen LogP contribution in [0.15, 0.2) is 100 Å². The summed E-state index contributed by atoms with van der Waals surface area (Å²) in [6.45, 7) is -20.6. The van der Waals surface area contributed by atoms with E-state index in [1.807, 2.05) is 0 Å². The SMILES string of the molecule is [2H]c1c([2H])c(F)c(F)c(C([2H])([2H])Sc2c([2H])c(=O)c3c([2H])c([2H])c([2H])c([2H])c3n2CC(=O)N(C([2H])([2H])c2c([2H])c([2H])c(-c3c([2H])c([2H])c(C(F)(F)F)c([2H])c3[2H])c([2H])c2C)C2([2H])C([2H])([2H])C([2H])([2H])N(C([2H])([2H])COC)C([2H])([2H])C2([2H])[2H])c1[2H]. The van der Waals surface area contributed by atoms with Crippen LogP contribution in [0.1, 0.15) is 76.1 Å². The van der Waals surface area contributed by atoms with Gasteiger partial charge in [0.05, 0.1) is 47.4 Å². The lowest BCUT2D eigenvalue weighted by atomic mass is 9.97. The number of hydrogen-bond donors (Lipinski definition) is 0. The van der Waals surface area contributed by atoms with Gasteiger partial charge in [-0.2, -0.15) is 13.2 Å². The van der Waals surface area contributed by atoms with Gasteiger partial charge in [-0.05, 0) is 72.1 Å². The highest BCUT2D eigenvalue weighted by atomic mass is 32.2. The van der Waals surface area contributed by atoms with Crippen LogP contribution in [-0.4, -0.2) is 59.5 Å². The van der Waals surface area contributed by atoms with E-state index in [1.54, 1.807) is 0 Å². The van der Waals surface area contributed by atoms with Crippen molar-refractivity contribution in [2.24, 2.45) is 0 Å². The molecule has 278 valence electrons. The fraction of sp³-hybridized carbons (Fsp3) is 0.317. The van der Waals surface area contributed by atoms with Crippen LogP contribution in [-0.2, 0) is 34.5 Å². The number of fused-ring (bicyclic) bond motifs is 1. The third-order valence-corrected chi connectivity index (χ3v) is 7.56. The number of hydrogen-bond acceptors (Lipinski definition) is 5. The third-order valence-electron chi connectivity index (χ3n) is 6.74. The molecule has 0 aliphatic carbocycles. The van der Waals surface area contributed by atoms with Gasteiger partial charge >= 0.3 is 6.18 Å². The Morgan fingerprint density at radius 3 is 2.43 bits per heavy atom. The Bertz CT molecular complexity index is 3560. The minimum Gasteiger partial charge on any atom is -0.383 e. The number of halogens is 5. The average Bonchev–Trinajstić information content (AvgIpc) is 0.782. The normalized spacial score (nSPS) is 27.5. The second-order valence-corrected chi connectivity index (χ2v) is 11.0. The molecule has 53 heavy (non-hydrogen) atoms. The molecule has 2 heterocycles. The second-order valence-electron chi connectivity index (χ2n) is 10.2. The van der Waals surface area contributed by atoms with Crippen molar-refractivity contribution in [1.29, 1.82) is 0 Å². The highest BCUT2D eigenvalue weighted by molar-refractivity contribution is 7.98. The van der Waals surface area contributed by atoms with Gasteiger partial charge < -0.3 is 19.1 Å². The van der Waals surface area contributed by atoms with Gasteiger partial charge in [-0.3, -0.25) is 9.59 Å². The number of nitrogens with zero attached hydrogens (tertiary/aromatic N) is 3. The van der Waals surface area contributed by atoms with Gasteiger partial charge in [0.2, 0.25) is 5.91 Å². The van der Waals surface area contributed by atoms with Crippen molar-refractivity contribution < 1.29 is 72.6 Å². The number of methoxy groups -OCH3 is 1. The molecule has 0 N–H and O–H groups in total. The molecule has 1 aromatic heterocycles. The Kier molecular flexibility index (Phi) is 4.93. The van der Waals surface area contributed by atoms with Crippen LogP contribution in [0.4, 0.5) is 22.0 Å². The number of likely N-dealkylation sites (tertiary alicyclic amines) is 1. The molecular weight excluding hydrogens is 710 g/mol. The summed E-state index contributed by atoms with van der Waals surface area (Å²) in [5.74, 6) is -7.11. The summed E-state index contributed by atoms with van der Waals surface area (Å²) >= 11 is -0.683. The molecule has 1 fully saturated rings. The van der Waals surface area contributed by atoms with Crippen LogP contribution in [0.3, 0.4) is 0 Å². The molecule has 6 rings (SSSR count). The fourth-order valence-electron chi connectivity index (χ4n) is 4.24. The maximum atomic E-state index is 15.9. The highest BCUT2D eigenvalue weighted by Gasteiger charge is 2.31. The smallest absolute Gasteiger partial charge is 0.383 e. The first-order valence-corrected chi connectivity index (χ1v) is 15.3. The summed E-state index contributed by atoms with van der Waals surface area (Å²) in [4.78, 5) is 28.3. The first-order chi connectivity index (χ1) is 37.3. The van der Waals surface area contributed by atoms with Crippen molar-refractivity contribution >= 4 is 28.6 Å². The van der Waals surface area contributed by atoms with E-state index in [-0.39, 0.29) is 4.57 Å². The lowest BCUT2D eigenvalue weighted by molar-refractivity contribution is -0.137. The number of benzene rings is 4. The first kappa shape index (κ1) is 15.7. The molecule has 0 unspecified atom stereocenters. The zero-order valence-corrected chi connectivity index (χ0v) is 27.6. The molecule has 6 nitrogen and oxygen atoms in total. The zero-order chi connectivity index (χ0) is 64.2. The van der Waals surface area contributed by atoms with Gasteiger partial charge in [-0.25, -0.2) is 8.78 Å². The maximum absolute atomic E-state index is 15.9. The molecule has 1 aliphatic heterocycles. The lowest BCUT2D eigenvalue weighted by Gasteiger charge is -2.39. The Balaban J connectivity index is 1.83. The van der Waals surface area contributed by atoms with Gasteiger partial charge in [-0.1, -0.05) is 54.4 Å². The molecule has 5 aromatic rings. The summed E-state index contributed by atoms with van der Waals surface area (Å²) in [6.07, 6.45) is -15.3. The molecule has 1 saturated heterocycles. The predicted octanol–water partition coefficient (Wildman–Crippen LogP) is 8.71. The average molecular weight is 780 g/mol. The van der Waals surface area contributed by atoms with Crippen molar-refractivity contribution in [3.8, 4) is 11.1 Å². The number of para-hydroxylation sites is 1. The van der Waals surface area contributed by atoms with Crippen LogP contribution < -0.4 is 5.43 Å². The van der Waals surface area contributed by atoms with E-state index in [0.717, 1.165) is 7.11 Å². The van der Waals surface area contributed by atoms with Crippen molar-refractivity contribution in [1.82, 2.24) is 14.4 Å². The van der Waals surface area contributed by atoms with Crippen molar-refractivity contribution in [3.63, 3.8) is 0 Å². The third kappa shape index (κ3) is 9.00. The quantitative estimate of drug-likeness (QED) is 0.0938. The molecule has 1 amide bonds. The maximum Gasteiger partial charge on any atom is 0.416 e. The summed E-state index contributed by atoms with van der Waals surface area (Å²) < 4.78 is 342. The molecule has 0 saturated carbocycles.